The highest BCUT2D eigenvalue weighted by Crippen LogP contribution is 2.18. The molecule has 8 nitrogen and oxygen atoms in total. The number of rotatable bonds is 6. The summed E-state index contributed by atoms with van der Waals surface area (Å²) in [6.07, 6.45) is 2.01. The Labute approximate surface area is 129 Å². The van der Waals surface area contributed by atoms with E-state index in [1.165, 1.54) is 4.90 Å². The van der Waals surface area contributed by atoms with Gasteiger partial charge in [0.15, 0.2) is 0 Å². The fourth-order valence-corrected chi connectivity index (χ4v) is 2.34. The first-order valence-electron chi connectivity index (χ1n) is 7.47. The lowest BCUT2D eigenvalue weighted by atomic mass is 9.98. The minimum atomic E-state index is -0.882. The van der Waals surface area contributed by atoms with Gasteiger partial charge in [0, 0.05) is 19.6 Å². The summed E-state index contributed by atoms with van der Waals surface area (Å²) < 4.78 is 4.95. The van der Waals surface area contributed by atoms with Gasteiger partial charge in [-0.25, -0.2) is 0 Å². The van der Waals surface area contributed by atoms with E-state index in [9.17, 15) is 19.2 Å². The van der Waals surface area contributed by atoms with Crippen LogP contribution in [0.1, 0.15) is 26.2 Å². The van der Waals surface area contributed by atoms with Crippen LogP contribution in [0.5, 0.6) is 0 Å². The molecule has 0 aliphatic carbocycles. The number of hydrogen-bond donors (Lipinski definition) is 1. The van der Waals surface area contributed by atoms with Gasteiger partial charge in [-0.15, -0.1) is 0 Å². The molecule has 8 heteroatoms. The maximum Gasteiger partial charge on any atom is 0.318 e. The summed E-state index contributed by atoms with van der Waals surface area (Å²) in [4.78, 5) is 49.0. The lowest BCUT2D eigenvalue weighted by molar-refractivity contribution is -0.158. The van der Waals surface area contributed by atoms with E-state index < -0.39 is 17.7 Å². The van der Waals surface area contributed by atoms with Crippen molar-refractivity contribution in [2.24, 2.45) is 11.7 Å². The van der Waals surface area contributed by atoms with Crippen LogP contribution in [0.4, 0.5) is 0 Å². The summed E-state index contributed by atoms with van der Waals surface area (Å²) in [5.41, 5.74) is 5.33. The van der Waals surface area contributed by atoms with E-state index in [0.29, 0.717) is 38.8 Å². The third kappa shape index (κ3) is 4.80. The summed E-state index contributed by atoms with van der Waals surface area (Å²) >= 11 is 0. The zero-order valence-electron chi connectivity index (χ0n) is 12.8. The van der Waals surface area contributed by atoms with Gasteiger partial charge in [-0.05, 0) is 32.7 Å². The molecule has 1 rings (SSSR count). The molecule has 1 unspecified atom stereocenters. The van der Waals surface area contributed by atoms with Gasteiger partial charge in [0.05, 0.1) is 12.5 Å². The van der Waals surface area contributed by atoms with Gasteiger partial charge in [-0.2, -0.15) is 0 Å². The molecular weight excluding hydrogens is 290 g/mol. The normalized spacial score (nSPS) is 17.7. The molecule has 1 atom stereocenters. The lowest BCUT2D eigenvalue weighted by Gasteiger charge is -2.31. The molecular formula is C14H23N3O5. The Bertz CT molecular complexity index is 427. The molecule has 1 fully saturated rings. The summed E-state index contributed by atoms with van der Waals surface area (Å²) in [5.74, 6) is -2.42. The average molecular weight is 313 g/mol. The summed E-state index contributed by atoms with van der Waals surface area (Å²) in [6.45, 7) is 2.96. The van der Waals surface area contributed by atoms with Crippen molar-refractivity contribution in [3.05, 3.63) is 0 Å². The molecule has 0 aromatic carbocycles. The lowest BCUT2D eigenvalue weighted by Crippen LogP contribution is -2.50. The van der Waals surface area contributed by atoms with E-state index in [1.54, 1.807) is 6.92 Å². The smallest absolute Gasteiger partial charge is 0.318 e. The Balaban J connectivity index is 2.65. The number of likely N-dealkylation sites (tertiary alicyclic amines) is 1. The summed E-state index contributed by atoms with van der Waals surface area (Å²) in [6, 6.07) is 0. The molecule has 0 saturated carbocycles. The molecule has 22 heavy (non-hydrogen) atoms. The van der Waals surface area contributed by atoms with Crippen LogP contribution < -0.4 is 5.73 Å². The Hall–Kier alpha value is -1.96. The largest absolute Gasteiger partial charge is 0.466 e. The molecule has 1 aliphatic rings. The average Bonchev–Trinajstić information content (AvgIpc) is 2.55. The van der Waals surface area contributed by atoms with Crippen LogP contribution in [0, 0.1) is 5.92 Å². The highest BCUT2D eigenvalue weighted by atomic mass is 16.5. The van der Waals surface area contributed by atoms with E-state index in [4.69, 9.17) is 10.5 Å². The monoisotopic (exact) mass is 313 g/mol. The van der Waals surface area contributed by atoms with Gasteiger partial charge >= 0.3 is 17.8 Å². The highest BCUT2D eigenvalue weighted by Gasteiger charge is 2.33. The number of ether oxygens (including phenoxy) is 1. The van der Waals surface area contributed by atoms with Gasteiger partial charge in [0.25, 0.3) is 0 Å². The number of hydrogen-bond acceptors (Lipinski definition) is 6. The number of imide groups is 1. The van der Waals surface area contributed by atoms with Crippen LogP contribution in [-0.2, 0) is 23.9 Å². The Kier molecular flexibility index (Phi) is 7.51. The van der Waals surface area contributed by atoms with Crippen LogP contribution in [0.2, 0.25) is 0 Å². The molecule has 2 N–H and O–H groups in total. The topological polar surface area (TPSA) is 110 Å². The van der Waals surface area contributed by atoms with Gasteiger partial charge in [-0.1, -0.05) is 0 Å². The van der Waals surface area contributed by atoms with Crippen LogP contribution >= 0.6 is 0 Å². The second kappa shape index (κ2) is 9.14. The van der Waals surface area contributed by atoms with Crippen molar-refractivity contribution >= 4 is 24.2 Å². The van der Waals surface area contributed by atoms with E-state index in [2.05, 4.69) is 0 Å². The van der Waals surface area contributed by atoms with Crippen molar-refractivity contribution in [2.75, 3.05) is 32.8 Å². The molecule has 0 aromatic rings. The predicted octanol–water partition coefficient (Wildman–Crippen LogP) is -0.878. The SMILES string of the molecule is CCOC(=O)C1CCCN(C(=O)C(=O)N(C=O)CCCN)C1. The van der Waals surface area contributed by atoms with E-state index in [-0.39, 0.29) is 25.7 Å². The van der Waals surface area contributed by atoms with Gasteiger partial charge in [0.2, 0.25) is 6.41 Å². The Morgan fingerprint density at radius 2 is 2.14 bits per heavy atom. The summed E-state index contributed by atoms with van der Waals surface area (Å²) in [5, 5.41) is 0. The van der Waals surface area contributed by atoms with E-state index >= 15 is 0 Å². The van der Waals surface area contributed by atoms with E-state index in [1.807, 2.05) is 0 Å². The second-order valence-corrected chi connectivity index (χ2v) is 5.09. The van der Waals surface area contributed by atoms with E-state index in [0.717, 1.165) is 4.90 Å². The van der Waals surface area contributed by atoms with Crippen molar-refractivity contribution in [1.82, 2.24) is 9.80 Å². The molecule has 0 aromatic heterocycles. The first kappa shape index (κ1) is 18.1. The third-order valence-electron chi connectivity index (χ3n) is 3.50. The molecule has 124 valence electrons. The van der Waals surface area contributed by atoms with Crippen molar-refractivity contribution in [3.63, 3.8) is 0 Å². The standard InChI is InChI=1S/C14H23N3O5/c1-2-22-14(21)11-5-3-7-16(9-11)12(19)13(20)17(10-18)8-4-6-15/h10-11H,2-9,15H2,1H3. The second-order valence-electron chi connectivity index (χ2n) is 5.09. The van der Waals surface area contributed by atoms with Crippen molar-refractivity contribution in [3.8, 4) is 0 Å². The molecule has 3 amide bonds. The molecule has 0 bridgehead atoms. The minimum absolute atomic E-state index is 0.111. The number of nitrogens with two attached hydrogens (primary N) is 1. The molecule has 1 saturated heterocycles. The van der Waals surface area contributed by atoms with Crippen LogP contribution in [-0.4, -0.2) is 66.8 Å². The zero-order valence-corrected chi connectivity index (χ0v) is 12.8. The number of carbonyl (C=O) groups excluding carboxylic acids is 4. The number of piperidine rings is 1. The van der Waals surface area contributed by atoms with Crippen LogP contribution in [0.25, 0.3) is 0 Å². The Morgan fingerprint density at radius 1 is 1.41 bits per heavy atom. The Morgan fingerprint density at radius 3 is 2.73 bits per heavy atom. The van der Waals surface area contributed by atoms with Gasteiger partial charge < -0.3 is 15.4 Å². The number of esters is 1. The van der Waals surface area contributed by atoms with Crippen molar-refractivity contribution in [1.29, 1.82) is 0 Å². The zero-order chi connectivity index (χ0) is 16.5. The quantitative estimate of drug-likeness (QED) is 0.387. The van der Waals surface area contributed by atoms with Crippen LogP contribution in [0.3, 0.4) is 0 Å². The fraction of sp³-hybridized carbons (Fsp3) is 0.714. The summed E-state index contributed by atoms with van der Waals surface area (Å²) in [7, 11) is 0. The van der Waals surface area contributed by atoms with Crippen molar-refractivity contribution in [2.45, 2.75) is 26.2 Å². The third-order valence-corrected chi connectivity index (χ3v) is 3.50. The molecule has 1 heterocycles. The molecule has 1 aliphatic heterocycles. The first-order valence-corrected chi connectivity index (χ1v) is 7.47. The first-order chi connectivity index (χ1) is 10.5. The van der Waals surface area contributed by atoms with Gasteiger partial charge in [-0.3, -0.25) is 24.1 Å². The maximum atomic E-state index is 12.2. The molecule has 0 radical (unpaired) electrons. The number of nitrogens with zero attached hydrogens (tertiary/aromatic N) is 2. The van der Waals surface area contributed by atoms with Crippen LogP contribution in [0.15, 0.2) is 0 Å². The predicted molar refractivity (Wildman–Crippen MR) is 77.4 cm³/mol. The number of carbonyl (C=O) groups is 4. The van der Waals surface area contributed by atoms with Crippen molar-refractivity contribution < 1.29 is 23.9 Å². The van der Waals surface area contributed by atoms with Gasteiger partial charge in [0.1, 0.15) is 0 Å². The minimum Gasteiger partial charge on any atom is -0.466 e. The maximum absolute atomic E-state index is 12.2. The highest BCUT2D eigenvalue weighted by molar-refractivity contribution is 6.36. The fourth-order valence-electron chi connectivity index (χ4n) is 2.34. The molecule has 0 spiro atoms. The number of amides is 3.